The van der Waals surface area contributed by atoms with Crippen LogP contribution in [0, 0.1) is 0 Å². The standard InChI is InChI=1S/C29H37N7O5/c1-34(2)27(39)23-13-12-20(18-30-23)26(38)33-29(31-21-9-8-10-22(17-21)41-3)32-24-11-4-5-16-36(28(24)40)19-25(37)35-14-6-7-15-35/h8-10,12-13,17-18,24H,4-7,11,14-16,19H2,1-3H3,(H2,31,32,33,38)/t24-/m0/s1. The molecule has 4 amide bonds. The van der Waals surface area contributed by atoms with Gasteiger partial charge in [-0.2, -0.15) is 0 Å². The van der Waals surface area contributed by atoms with Gasteiger partial charge in [-0.05, 0) is 56.4 Å². The van der Waals surface area contributed by atoms with Crippen molar-refractivity contribution in [1.82, 2.24) is 25.0 Å². The van der Waals surface area contributed by atoms with Crippen molar-refractivity contribution in [2.45, 2.75) is 38.1 Å². The van der Waals surface area contributed by atoms with Crippen LogP contribution < -0.4 is 15.4 Å². The second-order valence-electron chi connectivity index (χ2n) is 10.3. The highest BCUT2D eigenvalue weighted by Crippen LogP contribution is 2.19. The molecule has 0 unspecified atom stereocenters. The minimum Gasteiger partial charge on any atom is -0.497 e. The van der Waals surface area contributed by atoms with E-state index in [0.717, 1.165) is 38.8 Å². The second kappa shape index (κ2) is 13.7. The normalized spacial score (nSPS) is 17.6. The van der Waals surface area contributed by atoms with Crippen molar-refractivity contribution in [3.05, 3.63) is 53.9 Å². The van der Waals surface area contributed by atoms with Gasteiger partial charge >= 0.3 is 0 Å². The average Bonchev–Trinajstić information content (AvgIpc) is 3.47. The third kappa shape index (κ3) is 7.80. The monoisotopic (exact) mass is 563 g/mol. The largest absolute Gasteiger partial charge is 0.497 e. The van der Waals surface area contributed by atoms with Gasteiger partial charge in [0.05, 0.1) is 19.2 Å². The maximum atomic E-state index is 13.5. The fourth-order valence-corrected chi connectivity index (χ4v) is 4.74. The number of benzene rings is 1. The lowest BCUT2D eigenvalue weighted by Crippen LogP contribution is -2.45. The Labute approximate surface area is 239 Å². The van der Waals surface area contributed by atoms with E-state index < -0.39 is 11.9 Å². The van der Waals surface area contributed by atoms with E-state index in [-0.39, 0.29) is 41.5 Å². The summed E-state index contributed by atoms with van der Waals surface area (Å²) in [6.07, 6.45) is 5.28. The first-order chi connectivity index (χ1) is 19.7. The van der Waals surface area contributed by atoms with E-state index in [1.54, 1.807) is 55.3 Å². The highest BCUT2D eigenvalue weighted by atomic mass is 16.5. The van der Waals surface area contributed by atoms with Crippen LogP contribution in [0.2, 0.25) is 0 Å². The second-order valence-corrected chi connectivity index (χ2v) is 10.3. The molecule has 4 rings (SSSR count). The summed E-state index contributed by atoms with van der Waals surface area (Å²) < 4.78 is 5.31. The van der Waals surface area contributed by atoms with Crippen molar-refractivity contribution in [1.29, 1.82) is 0 Å². The third-order valence-corrected chi connectivity index (χ3v) is 7.04. The first-order valence-electron chi connectivity index (χ1n) is 13.8. The number of carbonyl (C=O) groups excluding carboxylic acids is 4. The van der Waals surface area contributed by atoms with Crippen molar-refractivity contribution in [3.8, 4) is 5.75 Å². The van der Waals surface area contributed by atoms with E-state index in [1.165, 1.54) is 23.2 Å². The van der Waals surface area contributed by atoms with Crippen molar-refractivity contribution in [2.75, 3.05) is 52.7 Å². The van der Waals surface area contributed by atoms with Crippen LogP contribution in [0.4, 0.5) is 5.69 Å². The number of ether oxygens (including phenoxy) is 1. The quantitative estimate of drug-likeness (QED) is 0.388. The minimum absolute atomic E-state index is 0.0273. The lowest BCUT2D eigenvalue weighted by molar-refractivity contribution is -0.140. The van der Waals surface area contributed by atoms with Gasteiger partial charge in [0.25, 0.3) is 11.8 Å². The SMILES string of the molecule is COc1cccc(NC(=N[C@H]2CCCCN(CC(=O)N3CCCC3)C2=O)NC(=O)c2ccc(C(=O)N(C)C)nc2)c1. The van der Waals surface area contributed by atoms with Gasteiger partial charge in [0.2, 0.25) is 17.8 Å². The number of guanidine groups is 1. The van der Waals surface area contributed by atoms with Gasteiger partial charge in [-0.1, -0.05) is 6.07 Å². The maximum Gasteiger partial charge on any atom is 0.271 e. The Bertz CT molecular complexity index is 1290. The van der Waals surface area contributed by atoms with Crippen LogP contribution in [-0.4, -0.2) is 103 Å². The number of rotatable bonds is 7. The Morgan fingerprint density at radius 2 is 1.83 bits per heavy atom. The summed E-state index contributed by atoms with van der Waals surface area (Å²) in [7, 11) is 4.79. The number of aliphatic imine (C=N–C) groups is 1. The topological polar surface area (TPSA) is 137 Å². The Hall–Kier alpha value is -4.48. The number of amides is 4. The molecule has 0 spiro atoms. The first-order valence-corrected chi connectivity index (χ1v) is 13.8. The average molecular weight is 564 g/mol. The predicted molar refractivity (Wildman–Crippen MR) is 154 cm³/mol. The Morgan fingerprint density at radius 3 is 2.51 bits per heavy atom. The molecule has 2 saturated heterocycles. The molecule has 0 aliphatic carbocycles. The molecule has 2 aliphatic rings. The van der Waals surface area contributed by atoms with Crippen LogP contribution >= 0.6 is 0 Å². The van der Waals surface area contributed by atoms with E-state index in [4.69, 9.17) is 4.74 Å². The number of nitrogens with zero attached hydrogens (tertiary/aromatic N) is 5. The zero-order chi connectivity index (χ0) is 29.4. The molecule has 41 heavy (non-hydrogen) atoms. The van der Waals surface area contributed by atoms with Crippen LogP contribution in [0.5, 0.6) is 5.75 Å². The summed E-state index contributed by atoms with van der Waals surface area (Å²) in [5, 5.41) is 5.86. The predicted octanol–water partition coefficient (Wildman–Crippen LogP) is 1.99. The summed E-state index contributed by atoms with van der Waals surface area (Å²) in [5.41, 5.74) is 1.02. The van der Waals surface area contributed by atoms with Gasteiger partial charge in [-0.3, -0.25) is 29.5 Å². The number of pyridine rings is 1. The lowest BCUT2D eigenvalue weighted by Gasteiger charge is -2.25. The van der Waals surface area contributed by atoms with Gasteiger partial charge < -0.3 is 24.8 Å². The van der Waals surface area contributed by atoms with E-state index in [0.29, 0.717) is 24.4 Å². The van der Waals surface area contributed by atoms with E-state index in [2.05, 4.69) is 20.6 Å². The molecule has 2 aromatic rings. The fraction of sp³-hybridized carbons (Fsp3) is 0.448. The van der Waals surface area contributed by atoms with Crippen molar-refractivity contribution >= 4 is 35.3 Å². The van der Waals surface area contributed by atoms with Crippen LogP contribution in [0.25, 0.3) is 0 Å². The summed E-state index contributed by atoms with van der Waals surface area (Å²) in [5.74, 6) is -0.420. The molecule has 0 radical (unpaired) electrons. The van der Waals surface area contributed by atoms with E-state index >= 15 is 0 Å². The number of hydrogen-bond donors (Lipinski definition) is 2. The molecule has 12 nitrogen and oxygen atoms in total. The van der Waals surface area contributed by atoms with Gasteiger partial charge in [0, 0.05) is 51.7 Å². The summed E-state index contributed by atoms with van der Waals surface area (Å²) >= 11 is 0. The molecule has 218 valence electrons. The summed E-state index contributed by atoms with van der Waals surface area (Å²) in [4.78, 5) is 65.3. The summed E-state index contributed by atoms with van der Waals surface area (Å²) in [6.45, 7) is 1.96. The number of aromatic nitrogens is 1. The van der Waals surface area contributed by atoms with Gasteiger partial charge in [-0.25, -0.2) is 4.99 Å². The molecular weight excluding hydrogens is 526 g/mol. The zero-order valence-electron chi connectivity index (χ0n) is 23.8. The van der Waals surface area contributed by atoms with Crippen molar-refractivity contribution in [2.24, 2.45) is 4.99 Å². The van der Waals surface area contributed by atoms with Crippen LogP contribution in [0.15, 0.2) is 47.6 Å². The summed E-state index contributed by atoms with van der Waals surface area (Å²) in [6, 6.07) is 9.29. The van der Waals surface area contributed by atoms with Crippen LogP contribution in [-0.2, 0) is 9.59 Å². The lowest BCUT2D eigenvalue weighted by atomic mass is 10.1. The number of likely N-dealkylation sites (tertiary alicyclic amines) is 2. The Balaban J connectivity index is 1.56. The first kappa shape index (κ1) is 29.5. The highest BCUT2D eigenvalue weighted by Gasteiger charge is 2.30. The van der Waals surface area contributed by atoms with Crippen molar-refractivity contribution in [3.63, 3.8) is 0 Å². The molecule has 2 N–H and O–H groups in total. The molecule has 0 bridgehead atoms. The molecule has 2 fully saturated rings. The van der Waals surface area contributed by atoms with Gasteiger partial charge in [0.15, 0.2) is 0 Å². The van der Waals surface area contributed by atoms with Crippen LogP contribution in [0.3, 0.4) is 0 Å². The zero-order valence-corrected chi connectivity index (χ0v) is 23.8. The number of methoxy groups -OCH3 is 1. The van der Waals surface area contributed by atoms with Gasteiger partial charge in [-0.15, -0.1) is 0 Å². The highest BCUT2D eigenvalue weighted by molar-refractivity contribution is 6.10. The molecule has 1 atom stereocenters. The maximum absolute atomic E-state index is 13.5. The molecule has 0 saturated carbocycles. The number of anilines is 1. The third-order valence-electron chi connectivity index (χ3n) is 7.04. The molecule has 3 heterocycles. The molecule has 12 heteroatoms. The minimum atomic E-state index is -0.782. The van der Waals surface area contributed by atoms with Crippen molar-refractivity contribution < 1.29 is 23.9 Å². The number of carbonyl (C=O) groups is 4. The number of nitrogens with one attached hydrogen (secondary N) is 2. The number of hydrogen-bond acceptors (Lipinski definition) is 7. The van der Waals surface area contributed by atoms with E-state index in [9.17, 15) is 19.2 Å². The molecule has 2 aliphatic heterocycles. The Morgan fingerprint density at radius 1 is 1.07 bits per heavy atom. The molecule has 1 aromatic heterocycles. The van der Waals surface area contributed by atoms with Gasteiger partial charge in [0.1, 0.15) is 17.5 Å². The molecular formula is C29H37N7O5. The fourth-order valence-electron chi connectivity index (χ4n) is 4.74. The smallest absolute Gasteiger partial charge is 0.271 e. The Kier molecular flexibility index (Phi) is 9.88. The van der Waals surface area contributed by atoms with E-state index in [1.807, 2.05) is 0 Å². The van der Waals surface area contributed by atoms with Crippen LogP contribution in [0.1, 0.15) is 53.0 Å². The molecule has 1 aromatic carbocycles.